The summed E-state index contributed by atoms with van der Waals surface area (Å²) < 4.78 is 0. The van der Waals surface area contributed by atoms with Crippen LogP contribution in [-0.2, 0) is 7.05 Å². The van der Waals surface area contributed by atoms with Crippen LogP contribution < -0.4 is 0 Å². The minimum Gasteiger partial charge on any atom is -0.187 e. The third kappa shape index (κ3) is 2.87. The Hall–Kier alpha value is -3.38. The van der Waals surface area contributed by atoms with E-state index in [2.05, 4.69) is 77.5 Å². The first-order chi connectivity index (χ1) is 12.7. The van der Waals surface area contributed by atoms with Crippen molar-refractivity contribution in [2.45, 2.75) is 13.8 Å². The van der Waals surface area contributed by atoms with Crippen LogP contribution in [0.2, 0.25) is 0 Å². The summed E-state index contributed by atoms with van der Waals surface area (Å²) in [5.74, 6) is 6.01. The third-order valence-corrected chi connectivity index (χ3v) is 4.47. The van der Waals surface area contributed by atoms with Gasteiger partial charge >= 0.3 is 0 Å². The number of nitrogens with zero attached hydrogens (tertiary/aromatic N) is 3. The van der Waals surface area contributed by atoms with E-state index in [-0.39, 0.29) is 0 Å². The van der Waals surface area contributed by atoms with Crippen LogP contribution in [0.1, 0.15) is 18.1 Å². The number of fused-ring (bicyclic) bond motifs is 1. The van der Waals surface area contributed by atoms with Crippen molar-refractivity contribution in [2.24, 2.45) is 7.05 Å². The van der Waals surface area contributed by atoms with Crippen LogP contribution in [0, 0.1) is 18.8 Å². The lowest BCUT2D eigenvalue weighted by Gasteiger charge is -2.07. The normalized spacial score (nSPS) is 10.6. The van der Waals surface area contributed by atoms with E-state index in [1.165, 1.54) is 5.56 Å². The van der Waals surface area contributed by atoms with Gasteiger partial charge in [0.1, 0.15) is 11.0 Å². The van der Waals surface area contributed by atoms with Gasteiger partial charge < -0.3 is 0 Å². The Morgan fingerprint density at radius 1 is 0.731 bits per heavy atom. The summed E-state index contributed by atoms with van der Waals surface area (Å²) in [5.41, 5.74) is 8.56. The number of hydrogen-bond acceptors (Lipinski definition) is 2. The summed E-state index contributed by atoms with van der Waals surface area (Å²) in [6.45, 7) is 3.94. The van der Waals surface area contributed by atoms with Crippen LogP contribution >= 0.6 is 0 Å². The van der Waals surface area contributed by atoms with E-state index in [1.807, 2.05) is 26.1 Å². The second-order valence-electron chi connectivity index (χ2n) is 6.37. The predicted octanol–water partition coefficient (Wildman–Crippen LogP) is 4.98. The zero-order valence-electron chi connectivity index (χ0n) is 15.1. The van der Waals surface area contributed by atoms with Gasteiger partial charge in [-0.2, -0.15) is 15.0 Å². The van der Waals surface area contributed by atoms with E-state index < -0.39 is 0 Å². The standard InChI is InChI=1S/C23H19N3/c1-4-5-17-8-12-19(13-9-17)21-15-14-20(18-10-6-16(2)7-11-18)22-23(21)25-26(3)24-22/h6-15H,1-3H3. The second-order valence-corrected chi connectivity index (χ2v) is 6.37. The molecule has 1 aromatic heterocycles. The van der Waals surface area contributed by atoms with Gasteiger partial charge in [-0.15, -0.1) is 5.92 Å². The van der Waals surface area contributed by atoms with Gasteiger partial charge in [0.25, 0.3) is 0 Å². The molecule has 0 spiro atoms. The first-order valence-corrected chi connectivity index (χ1v) is 8.60. The molecular weight excluding hydrogens is 318 g/mol. The molecule has 0 saturated carbocycles. The number of hydrogen-bond donors (Lipinski definition) is 0. The maximum absolute atomic E-state index is 4.63. The van der Waals surface area contributed by atoms with Crippen molar-refractivity contribution in [1.29, 1.82) is 0 Å². The number of aryl methyl sites for hydroxylation is 2. The molecule has 4 rings (SSSR count). The minimum absolute atomic E-state index is 0.917. The van der Waals surface area contributed by atoms with Crippen molar-refractivity contribution in [3.63, 3.8) is 0 Å². The van der Waals surface area contributed by atoms with Crippen molar-refractivity contribution in [3.8, 4) is 34.1 Å². The van der Waals surface area contributed by atoms with Gasteiger partial charge in [0.05, 0.1) is 0 Å². The topological polar surface area (TPSA) is 30.7 Å². The highest BCUT2D eigenvalue weighted by atomic mass is 15.4. The largest absolute Gasteiger partial charge is 0.187 e. The summed E-state index contributed by atoms with van der Waals surface area (Å²) in [7, 11) is 1.86. The van der Waals surface area contributed by atoms with Gasteiger partial charge in [-0.05, 0) is 37.1 Å². The highest BCUT2D eigenvalue weighted by molar-refractivity contribution is 6.00. The van der Waals surface area contributed by atoms with Gasteiger partial charge in [-0.1, -0.05) is 60.0 Å². The SMILES string of the molecule is CC#Cc1ccc(-c2ccc(-c3ccc(C)cc3)c3nn(C)nc23)cc1. The quantitative estimate of drug-likeness (QED) is 0.483. The molecule has 3 aromatic carbocycles. The molecule has 0 saturated heterocycles. The maximum Gasteiger partial charge on any atom is 0.121 e. The van der Waals surface area contributed by atoms with E-state index in [4.69, 9.17) is 0 Å². The molecule has 0 unspecified atom stereocenters. The molecule has 126 valence electrons. The molecule has 0 atom stereocenters. The Kier molecular flexibility index (Phi) is 4.02. The van der Waals surface area contributed by atoms with Gasteiger partial charge in [-0.3, -0.25) is 0 Å². The van der Waals surface area contributed by atoms with E-state index in [1.54, 1.807) is 4.80 Å². The summed E-state index contributed by atoms with van der Waals surface area (Å²) in [4.78, 5) is 1.64. The summed E-state index contributed by atoms with van der Waals surface area (Å²) in [6, 6.07) is 21.1. The molecule has 1 heterocycles. The van der Waals surface area contributed by atoms with E-state index in [9.17, 15) is 0 Å². The Balaban J connectivity index is 1.88. The first-order valence-electron chi connectivity index (χ1n) is 8.60. The predicted molar refractivity (Wildman–Crippen MR) is 107 cm³/mol. The molecule has 26 heavy (non-hydrogen) atoms. The fraction of sp³-hybridized carbons (Fsp3) is 0.130. The lowest BCUT2D eigenvalue weighted by atomic mass is 9.97. The number of aromatic nitrogens is 3. The molecule has 3 heteroatoms. The molecule has 0 N–H and O–H groups in total. The summed E-state index contributed by atoms with van der Waals surface area (Å²) >= 11 is 0. The molecular formula is C23H19N3. The number of rotatable bonds is 2. The molecule has 0 aliphatic carbocycles. The number of benzene rings is 3. The average Bonchev–Trinajstić information content (AvgIpc) is 3.04. The van der Waals surface area contributed by atoms with Gasteiger partial charge in [-0.25, -0.2) is 0 Å². The summed E-state index contributed by atoms with van der Waals surface area (Å²) in [5, 5.41) is 9.26. The monoisotopic (exact) mass is 337 g/mol. The van der Waals surface area contributed by atoms with E-state index >= 15 is 0 Å². The van der Waals surface area contributed by atoms with E-state index in [0.29, 0.717) is 0 Å². The van der Waals surface area contributed by atoms with Crippen LogP contribution in [0.25, 0.3) is 33.3 Å². The van der Waals surface area contributed by atoms with E-state index in [0.717, 1.165) is 38.9 Å². The Labute approximate surface area is 153 Å². The fourth-order valence-electron chi connectivity index (χ4n) is 3.17. The summed E-state index contributed by atoms with van der Waals surface area (Å²) in [6.07, 6.45) is 0. The molecule has 0 amide bonds. The van der Waals surface area contributed by atoms with Gasteiger partial charge in [0.2, 0.25) is 0 Å². The lowest BCUT2D eigenvalue weighted by molar-refractivity contribution is 0.665. The van der Waals surface area contributed by atoms with Crippen molar-refractivity contribution in [1.82, 2.24) is 15.0 Å². The highest BCUT2D eigenvalue weighted by Crippen LogP contribution is 2.33. The molecule has 4 aromatic rings. The van der Waals surface area contributed by atoms with Crippen LogP contribution in [0.4, 0.5) is 0 Å². The highest BCUT2D eigenvalue weighted by Gasteiger charge is 2.14. The minimum atomic E-state index is 0.917. The maximum atomic E-state index is 4.63. The van der Waals surface area contributed by atoms with Gasteiger partial charge in [0.15, 0.2) is 0 Å². The Morgan fingerprint density at radius 3 is 1.73 bits per heavy atom. The van der Waals surface area contributed by atoms with Crippen LogP contribution in [0.15, 0.2) is 60.7 Å². The van der Waals surface area contributed by atoms with Crippen LogP contribution in [0.5, 0.6) is 0 Å². The molecule has 0 aliphatic heterocycles. The molecule has 3 nitrogen and oxygen atoms in total. The van der Waals surface area contributed by atoms with Crippen molar-refractivity contribution >= 4 is 11.0 Å². The zero-order chi connectivity index (χ0) is 18.1. The second kappa shape index (κ2) is 6.50. The van der Waals surface area contributed by atoms with Crippen LogP contribution in [-0.4, -0.2) is 15.0 Å². The molecule has 0 radical (unpaired) electrons. The van der Waals surface area contributed by atoms with Gasteiger partial charge in [0, 0.05) is 23.7 Å². The smallest absolute Gasteiger partial charge is 0.121 e. The molecule has 0 fully saturated rings. The molecule has 0 bridgehead atoms. The van der Waals surface area contributed by atoms with Crippen molar-refractivity contribution < 1.29 is 0 Å². The third-order valence-electron chi connectivity index (χ3n) is 4.47. The molecule has 0 aliphatic rings. The van der Waals surface area contributed by atoms with Crippen LogP contribution in [0.3, 0.4) is 0 Å². The zero-order valence-corrected chi connectivity index (χ0v) is 15.1. The Bertz CT molecular complexity index is 1140. The lowest BCUT2D eigenvalue weighted by Crippen LogP contribution is -1.91. The van der Waals surface area contributed by atoms with Crippen molar-refractivity contribution in [2.75, 3.05) is 0 Å². The van der Waals surface area contributed by atoms with Crippen molar-refractivity contribution in [3.05, 3.63) is 71.8 Å². The Morgan fingerprint density at radius 2 is 1.23 bits per heavy atom. The first kappa shape index (κ1) is 16.1. The fourth-order valence-corrected chi connectivity index (χ4v) is 3.17. The average molecular weight is 337 g/mol.